The number of rotatable bonds is 7. The molecule has 0 heterocycles. The van der Waals surface area contributed by atoms with Gasteiger partial charge in [-0.3, -0.25) is 9.32 Å². The maximum absolute atomic E-state index is 10.6. The van der Waals surface area contributed by atoms with Crippen molar-refractivity contribution in [2.24, 2.45) is 0 Å². The second kappa shape index (κ2) is 10.5. The smallest absolute Gasteiger partial charge is 0.469 e. The molecule has 0 bridgehead atoms. The molecule has 0 aliphatic heterocycles. The zero-order valence-electron chi connectivity index (χ0n) is 13.8. The Morgan fingerprint density at radius 2 is 1.56 bits per heavy atom. The quantitative estimate of drug-likeness (QED) is 0.172. The van der Waals surface area contributed by atoms with Crippen LogP contribution >= 0.6 is 7.82 Å². The van der Waals surface area contributed by atoms with Crippen LogP contribution in [0.2, 0.25) is 0 Å². The minimum absolute atomic E-state index is 0.472. The highest BCUT2D eigenvalue weighted by molar-refractivity contribution is 7.46. The van der Waals surface area contributed by atoms with E-state index in [0.717, 1.165) is 0 Å². The van der Waals surface area contributed by atoms with Gasteiger partial charge in [-0.15, -0.1) is 0 Å². The van der Waals surface area contributed by atoms with E-state index < -0.39 is 81.8 Å². The molecule has 15 heteroatoms. The highest BCUT2D eigenvalue weighted by Gasteiger charge is 2.48. The normalized spacial score (nSPS) is 30.6. The Kier molecular flexibility index (Phi) is 10.1. The van der Waals surface area contributed by atoms with Gasteiger partial charge >= 0.3 is 13.8 Å². The number of hydrogen-bond donors (Lipinski definition) is 10. The van der Waals surface area contributed by atoms with Crippen molar-refractivity contribution in [2.75, 3.05) is 13.2 Å². The van der Waals surface area contributed by atoms with Gasteiger partial charge in [0.05, 0.1) is 18.8 Å². The first kappa shape index (κ1) is 26.0. The molecule has 0 aromatic rings. The van der Waals surface area contributed by atoms with E-state index in [1.165, 1.54) is 0 Å². The number of phosphoric acid groups is 1. The van der Waals surface area contributed by atoms with Crippen LogP contribution in [0, 0.1) is 0 Å². The second-order valence-corrected chi connectivity index (χ2v) is 7.03. The molecule has 0 radical (unpaired) electrons. The van der Waals surface area contributed by atoms with Crippen molar-refractivity contribution in [3.8, 4) is 0 Å². The summed E-state index contributed by atoms with van der Waals surface area (Å²) in [5, 5.41) is 71.3. The number of hydrogen-bond acceptors (Lipinski definition) is 11. The van der Waals surface area contributed by atoms with E-state index in [0.29, 0.717) is 0 Å². The van der Waals surface area contributed by atoms with Gasteiger partial charge in [0.15, 0.2) is 11.4 Å². The summed E-state index contributed by atoms with van der Waals surface area (Å²) < 4.78 is 14.0. The molecule has 1 rings (SSSR count). The summed E-state index contributed by atoms with van der Waals surface area (Å²) in [5.74, 6) is -2.57. The summed E-state index contributed by atoms with van der Waals surface area (Å²) >= 11 is 0. The first-order valence-electron chi connectivity index (χ1n) is 7.34. The van der Waals surface area contributed by atoms with Gasteiger partial charge in [-0.05, 0) is 0 Å². The molecule has 14 nitrogen and oxygen atoms in total. The van der Waals surface area contributed by atoms with Crippen LogP contribution in [0.1, 0.15) is 12.8 Å². The van der Waals surface area contributed by atoms with Crippen molar-refractivity contribution in [1.29, 1.82) is 0 Å². The molecule has 160 valence electrons. The number of aliphatic hydroxyl groups excluding tert-OH is 6. The van der Waals surface area contributed by atoms with Crippen LogP contribution in [0.4, 0.5) is 0 Å². The summed E-state index contributed by atoms with van der Waals surface area (Å²) in [6, 6.07) is 0. The van der Waals surface area contributed by atoms with E-state index in [9.17, 15) is 19.3 Å². The fraction of sp³-hybridized carbons (Fsp3) is 0.833. The van der Waals surface area contributed by atoms with Crippen LogP contribution < -0.4 is 0 Å². The fourth-order valence-electron chi connectivity index (χ4n) is 2.02. The molecule has 0 aromatic heterocycles. The maximum atomic E-state index is 10.6. The van der Waals surface area contributed by atoms with Gasteiger partial charge < -0.3 is 50.6 Å². The van der Waals surface area contributed by atoms with Crippen LogP contribution in [0.25, 0.3) is 0 Å². The number of phosphoric ester groups is 1. The summed E-state index contributed by atoms with van der Waals surface area (Å²) in [6.07, 6.45) is -8.87. The number of carbonyl (C=O) groups is 2. The first-order chi connectivity index (χ1) is 12.1. The molecule has 0 amide bonds. The van der Waals surface area contributed by atoms with Crippen molar-refractivity contribution < 1.29 is 69.3 Å². The molecule has 1 aliphatic rings. The lowest BCUT2D eigenvalue weighted by molar-refractivity contribution is -0.187. The summed E-state index contributed by atoms with van der Waals surface area (Å²) in [5.41, 5.74) is -2.14. The van der Waals surface area contributed by atoms with E-state index in [2.05, 4.69) is 4.52 Å². The summed E-state index contributed by atoms with van der Waals surface area (Å²) in [4.78, 5) is 37.5. The SMILES string of the molecule is O=C(CO)[C@H](O)[C@H](O)COP(=O)(O)O.O=C(O)[C@]1(O)C[C@@H](O)[C@@H](O)[C@H](O)C1. The molecule has 10 N–H and O–H groups in total. The number of aliphatic hydroxyl groups is 7. The molecule has 27 heavy (non-hydrogen) atoms. The average Bonchev–Trinajstić information content (AvgIpc) is 2.55. The Morgan fingerprint density at radius 3 is 1.89 bits per heavy atom. The van der Waals surface area contributed by atoms with Crippen LogP contribution in [0.15, 0.2) is 0 Å². The molecular formula is C12H23O14P. The van der Waals surface area contributed by atoms with E-state index in [1.54, 1.807) is 0 Å². The first-order valence-corrected chi connectivity index (χ1v) is 8.87. The third-order valence-electron chi connectivity index (χ3n) is 3.54. The van der Waals surface area contributed by atoms with E-state index >= 15 is 0 Å². The molecule has 1 aliphatic carbocycles. The molecule has 1 fully saturated rings. The third-order valence-corrected chi connectivity index (χ3v) is 4.03. The minimum Gasteiger partial charge on any atom is -0.479 e. The zero-order chi connectivity index (χ0) is 21.6. The minimum atomic E-state index is -4.74. The Bertz CT molecular complexity index is 534. The second-order valence-electron chi connectivity index (χ2n) is 5.79. The Labute approximate surface area is 152 Å². The van der Waals surface area contributed by atoms with Crippen LogP contribution in [0.5, 0.6) is 0 Å². The highest BCUT2D eigenvalue weighted by Crippen LogP contribution is 2.35. The van der Waals surface area contributed by atoms with E-state index in [-0.39, 0.29) is 0 Å². The zero-order valence-corrected chi connectivity index (χ0v) is 14.7. The van der Waals surface area contributed by atoms with Gasteiger partial charge in [-0.2, -0.15) is 0 Å². The number of carboxylic acid groups (broad SMARTS) is 1. The fourth-order valence-corrected chi connectivity index (χ4v) is 2.37. The lowest BCUT2D eigenvalue weighted by Gasteiger charge is -2.37. The standard InChI is InChI=1S/C7H12O6.C5H11O8P/c8-3-1-7(13,6(11)12)2-4(9)5(3)10;6-1-3(7)5(9)4(8)2-13-14(10,11)12/h3-5,8-10,13H,1-2H2,(H,11,12);4-6,8-9H,1-2H2,(H2,10,11,12)/t3-,4-,5-,7+;4-,5+/m11/s1. The summed E-state index contributed by atoms with van der Waals surface area (Å²) in [6.45, 7) is -1.88. The largest absolute Gasteiger partial charge is 0.479 e. The van der Waals surface area contributed by atoms with Gasteiger partial charge in [-0.25, -0.2) is 9.36 Å². The molecule has 0 unspecified atom stereocenters. The van der Waals surface area contributed by atoms with Gasteiger partial charge in [-0.1, -0.05) is 0 Å². The molecule has 0 spiro atoms. The highest BCUT2D eigenvalue weighted by atomic mass is 31.2. The van der Waals surface area contributed by atoms with Crippen molar-refractivity contribution in [3.63, 3.8) is 0 Å². The average molecular weight is 422 g/mol. The van der Waals surface area contributed by atoms with Crippen LogP contribution in [0.3, 0.4) is 0 Å². The van der Waals surface area contributed by atoms with Crippen molar-refractivity contribution in [1.82, 2.24) is 0 Å². The lowest BCUT2D eigenvalue weighted by Crippen LogP contribution is -2.56. The Morgan fingerprint density at radius 1 is 1.11 bits per heavy atom. The Balaban J connectivity index is 0.000000501. The molecule has 0 aromatic carbocycles. The number of ketones is 1. The molecule has 1 saturated carbocycles. The monoisotopic (exact) mass is 422 g/mol. The summed E-state index contributed by atoms with van der Waals surface area (Å²) in [7, 11) is -4.74. The lowest BCUT2D eigenvalue weighted by atomic mass is 9.80. The molecular weight excluding hydrogens is 399 g/mol. The van der Waals surface area contributed by atoms with Crippen LogP contribution in [-0.2, 0) is 18.7 Å². The van der Waals surface area contributed by atoms with Crippen molar-refractivity contribution in [3.05, 3.63) is 0 Å². The van der Waals surface area contributed by atoms with E-state index in [4.69, 9.17) is 45.5 Å². The third kappa shape index (κ3) is 8.68. The number of aliphatic carboxylic acids is 1. The Hall–Kier alpha value is -1.03. The van der Waals surface area contributed by atoms with Gasteiger partial charge in [0.1, 0.15) is 24.9 Å². The molecule has 4 atom stereocenters. The molecule has 0 saturated heterocycles. The number of carbonyl (C=O) groups excluding carboxylic acids is 1. The maximum Gasteiger partial charge on any atom is 0.469 e. The topological polar surface area (TPSA) is 263 Å². The number of carboxylic acids is 1. The van der Waals surface area contributed by atoms with Gasteiger partial charge in [0.2, 0.25) is 0 Å². The van der Waals surface area contributed by atoms with Gasteiger partial charge in [0.25, 0.3) is 0 Å². The van der Waals surface area contributed by atoms with Crippen LogP contribution in [-0.4, -0.2) is 112 Å². The van der Waals surface area contributed by atoms with Gasteiger partial charge in [0, 0.05) is 12.8 Å². The predicted molar refractivity (Wildman–Crippen MR) is 81.9 cm³/mol. The van der Waals surface area contributed by atoms with Crippen molar-refractivity contribution >= 4 is 19.6 Å². The number of Topliss-reactive ketones (excluding diaryl/α,β-unsaturated/α-hetero) is 1. The predicted octanol–water partition coefficient (Wildman–Crippen LogP) is -4.94. The van der Waals surface area contributed by atoms with E-state index in [1.807, 2.05) is 0 Å². The van der Waals surface area contributed by atoms with Crippen molar-refractivity contribution in [2.45, 2.75) is 49.0 Å².